The van der Waals surface area contributed by atoms with Crippen molar-refractivity contribution in [2.45, 2.75) is 57.5 Å². The number of aryl methyl sites for hydroxylation is 1. The lowest BCUT2D eigenvalue weighted by atomic mass is 9.85. The Hall–Kier alpha value is -2.38. The minimum Gasteiger partial charge on any atom is -0.428 e. The van der Waals surface area contributed by atoms with Crippen molar-refractivity contribution in [3.05, 3.63) is 59.7 Å². The summed E-state index contributed by atoms with van der Waals surface area (Å²) in [5, 5.41) is 0. The summed E-state index contributed by atoms with van der Waals surface area (Å²) in [5.41, 5.74) is 0.144. The molecule has 7 heteroatoms. The van der Waals surface area contributed by atoms with E-state index >= 15 is 0 Å². The highest BCUT2D eigenvalue weighted by atomic mass is 32.2. The van der Waals surface area contributed by atoms with Crippen molar-refractivity contribution < 1.29 is 26.9 Å². The second kappa shape index (κ2) is 8.55. The van der Waals surface area contributed by atoms with Gasteiger partial charge in [-0.05, 0) is 45.9 Å². The SMILES string of the molecule is Cc1ccc(S(=O)(=O)OCC(C)(C)c2ccccc2OC(=O)OC(C)(C)C)cc1. The zero-order valence-corrected chi connectivity index (χ0v) is 18.5. The van der Waals surface area contributed by atoms with Gasteiger partial charge < -0.3 is 9.47 Å². The van der Waals surface area contributed by atoms with Gasteiger partial charge in [0, 0.05) is 11.0 Å². The molecule has 0 atom stereocenters. The first-order valence-corrected chi connectivity index (χ1v) is 10.7. The zero-order chi connectivity index (χ0) is 21.9. The molecule has 0 aliphatic carbocycles. The summed E-state index contributed by atoms with van der Waals surface area (Å²) in [6.07, 6.45) is -0.825. The van der Waals surface area contributed by atoms with Crippen LogP contribution >= 0.6 is 0 Å². The van der Waals surface area contributed by atoms with Gasteiger partial charge in [-0.3, -0.25) is 4.18 Å². The van der Waals surface area contributed by atoms with Crippen LogP contribution in [0.15, 0.2) is 53.4 Å². The maximum absolute atomic E-state index is 12.5. The molecule has 2 rings (SSSR count). The summed E-state index contributed by atoms with van der Waals surface area (Å²) in [6.45, 7) is 10.6. The van der Waals surface area contributed by atoms with Gasteiger partial charge >= 0.3 is 6.16 Å². The van der Waals surface area contributed by atoms with Crippen LogP contribution in [0.3, 0.4) is 0 Å². The fraction of sp³-hybridized carbons (Fsp3) is 0.409. The Labute approximate surface area is 172 Å². The number of carbonyl (C=O) groups excluding carboxylic acids is 1. The van der Waals surface area contributed by atoms with Crippen LogP contribution in [0.1, 0.15) is 45.7 Å². The second-order valence-electron chi connectivity index (χ2n) is 8.48. The molecule has 0 unspecified atom stereocenters. The van der Waals surface area contributed by atoms with Crippen molar-refractivity contribution in [3.8, 4) is 5.75 Å². The van der Waals surface area contributed by atoms with Crippen LogP contribution in [0.2, 0.25) is 0 Å². The van der Waals surface area contributed by atoms with Gasteiger partial charge in [-0.1, -0.05) is 49.7 Å². The van der Waals surface area contributed by atoms with E-state index < -0.39 is 27.3 Å². The van der Waals surface area contributed by atoms with E-state index in [1.165, 1.54) is 12.1 Å². The molecule has 2 aromatic carbocycles. The summed E-state index contributed by atoms with van der Waals surface area (Å²) in [6, 6.07) is 13.4. The Morgan fingerprint density at radius 2 is 1.52 bits per heavy atom. The fourth-order valence-electron chi connectivity index (χ4n) is 2.55. The minimum atomic E-state index is -3.91. The first-order chi connectivity index (χ1) is 13.3. The van der Waals surface area contributed by atoms with Crippen LogP contribution in [-0.4, -0.2) is 26.8 Å². The molecule has 2 aromatic rings. The minimum absolute atomic E-state index is 0.0946. The molecule has 0 N–H and O–H groups in total. The maximum Gasteiger partial charge on any atom is 0.514 e. The van der Waals surface area contributed by atoms with E-state index in [-0.39, 0.29) is 11.5 Å². The Bertz CT molecular complexity index is 954. The third-order valence-corrected chi connectivity index (χ3v) is 5.36. The summed E-state index contributed by atoms with van der Waals surface area (Å²) >= 11 is 0. The van der Waals surface area contributed by atoms with E-state index in [1.54, 1.807) is 57.2 Å². The summed E-state index contributed by atoms with van der Waals surface area (Å²) in [7, 11) is -3.91. The van der Waals surface area contributed by atoms with Gasteiger partial charge in [-0.2, -0.15) is 8.42 Å². The van der Waals surface area contributed by atoms with E-state index in [0.717, 1.165) is 5.56 Å². The van der Waals surface area contributed by atoms with Gasteiger partial charge in [0.05, 0.1) is 11.5 Å². The van der Waals surface area contributed by atoms with Gasteiger partial charge in [0.1, 0.15) is 11.4 Å². The molecule has 0 fully saturated rings. The van der Waals surface area contributed by atoms with Gasteiger partial charge in [0.25, 0.3) is 10.1 Å². The number of hydrogen-bond acceptors (Lipinski definition) is 6. The molecule has 0 radical (unpaired) electrons. The van der Waals surface area contributed by atoms with Crippen molar-refractivity contribution in [3.63, 3.8) is 0 Å². The van der Waals surface area contributed by atoms with Gasteiger partial charge in [-0.25, -0.2) is 4.79 Å². The van der Waals surface area contributed by atoms with Gasteiger partial charge in [-0.15, -0.1) is 0 Å². The van der Waals surface area contributed by atoms with Crippen LogP contribution in [0, 0.1) is 6.92 Å². The van der Waals surface area contributed by atoms with Crippen molar-refractivity contribution in [2.24, 2.45) is 0 Å². The highest BCUT2D eigenvalue weighted by molar-refractivity contribution is 7.86. The van der Waals surface area contributed by atoms with Crippen molar-refractivity contribution in [2.75, 3.05) is 6.61 Å². The molecule has 0 saturated carbocycles. The molecule has 29 heavy (non-hydrogen) atoms. The smallest absolute Gasteiger partial charge is 0.428 e. The first-order valence-electron chi connectivity index (χ1n) is 9.27. The average Bonchev–Trinajstić information content (AvgIpc) is 2.59. The quantitative estimate of drug-likeness (QED) is 0.372. The largest absolute Gasteiger partial charge is 0.514 e. The predicted octanol–water partition coefficient (Wildman–Crippen LogP) is 4.99. The molecular weight excluding hydrogens is 392 g/mol. The van der Waals surface area contributed by atoms with Crippen LogP contribution in [0.4, 0.5) is 4.79 Å². The van der Waals surface area contributed by atoms with E-state index in [1.807, 2.05) is 20.8 Å². The normalized spacial score (nSPS) is 12.5. The fourth-order valence-corrected chi connectivity index (χ4v) is 3.61. The number of rotatable bonds is 6. The Morgan fingerprint density at radius 3 is 2.10 bits per heavy atom. The molecule has 0 aliphatic heterocycles. The number of hydrogen-bond donors (Lipinski definition) is 0. The lowest BCUT2D eigenvalue weighted by molar-refractivity contribution is 0.0201. The Kier molecular flexibility index (Phi) is 6.75. The summed E-state index contributed by atoms with van der Waals surface area (Å²) in [5.74, 6) is 0.295. The first kappa shape index (κ1) is 22.9. The predicted molar refractivity (Wildman–Crippen MR) is 111 cm³/mol. The van der Waals surface area contributed by atoms with E-state index in [4.69, 9.17) is 13.7 Å². The van der Waals surface area contributed by atoms with E-state index in [0.29, 0.717) is 11.3 Å². The zero-order valence-electron chi connectivity index (χ0n) is 17.7. The monoisotopic (exact) mass is 420 g/mol. The second-order valence-corrected chi connectivity index (χ2v) is 10.1. The third-order valence-electron chi connectivity index (χ3n) is 4.08. The summed E-state index contributed by atoms with van der Waals surface area (Å²) < 4.78 is 40.9. The van der Waals surface area contributed by atoms with Gasteiger partial charge in [0.15, 0.2) is 0 Å². The van der Waals surface area contributed by atoms with Crippen LogP contribution in [0.5, 0.6) is 5.75 Å². The Morgan fingerprint density at radius 1 is 0.931 bits per heavy atom. The molecule has 0 aromatic heterocycles. The summed E-state index contributed by atoms with van der Waals surface area (Å²) in [4.78, 5) is 12.2. The Balaban J connectivity index is 2.18. The molecule has 0 amide bonds. The lowest BCUT2D eigenvalue weighted by Gasteiger charge is -2.27. The average molecular weight is 421 g/mol. The number of ether oxygens (including phenoxy) is 2. The topological polar surface area (TPSA) is 78.9 Å². The van der Waals surface area contributed by atoms with Crippen molar-refractivity contribution in [1.29, 1.82) is 0 Å². The molecule has 6 nitrogen and oxygen atoms in total. The van der Waals surface area contributed by atoms with Crippen LogP contribution < -0.4 is 4.74 Å². The third kappa shape index (κ3) is 6.58. The molecular formula is C22H28O6S. The lowest BCUT2D eigenvalue weighted by Crippen LogP contribution is -2.29. The van der Waals surface area contributed by atoms with Gasteiger partial charge in [0.2, 0.25) is 0 Å². The number of para-hydroxylation sites is 1. The van der Waals surface area contributed by atoms with Crippen molar-refractivity contribution >= 4 is 16.3 Å². The highest BCUT2D eigenvalue weighted by Gasteiger charge is 2.29. The molecule has 0 spiro atoms. The highest BCUT2D eigenvalue weighted by Crippen LogP contribution is 2.33. The molecule has 0 heterocycles. The van der Waals surface area contributed by atoms with E-state index in [9.17, 15) is 13.2 Å². The molecule has 0 saturated heterocycles. The van der Waals surface area contributed by atoms with E-state index in [2.05, 4.69) is 0 Å². The number of benzene rings is 2. The van der Waals surface area contributed by atoms with Crippen LogP contribution in [0.25, 0.3) is 0 Å². The molecule has 0 aliphatic rings. The standard InChI is InChI=1S/C22H28O6S/c1-16-11-13-17(14-12-16)29(24,25)26-15-22(5,6)18-9-7-8-10-19(18)27-20(23)28-21(2,3)4/h7-14H,15H2,1-6H3. The van der Waals surface area contributed by atoms with Crippen molar-refractivity contribution in [1.82, 2.24) is 0 Å². The maximum atomic E-state index is 12.5. The number of carbonyl (C=O) groups is 1. The molecule has 0 bridgehead atoms. The van der Waals surface area contributed by atoms with Crippen LogP contribution in [-0.2, 0) is 24.5 Å². The molecule has 158 valence electrons.